The first-order chi connectivity index (χ1) is 8.61. The Balaban J connectivity index is 2.10. The van der Waals surface area contributed by atoms with Crippen LogP contribution in [0.15, 0.2) is 12.3 Å². The Labute approximate surface area is 109 Å². The quantitative estimate of drug-likeness (QED) is 0.840. The van der Waals surface area contributed by atoms with E-state index in [1.165, 1.54) is 0 Å². The van der Waals surface area contributed by atoms with Gasteiger partial charge in [-0.25, -0.2) is 0 Å². The molecule has 1 saturated carbocycles. The summed E-state index contributed by atoms with van der Waals surface area (Å²) in [7, 11) is 0. The molecule has 0 bridgehead atoms. The van der Waals surface area contributed by atoms with Gasteiger partial charge in [0.15, 0.2) is 0 Å². The first-order valence-corrected chi connectivity index (χ1v) is 7.03. The molecule has 1 heterocycles. The molecule has 1 fully saturated rings. The number of nitrogens with two attached hydrogens (primary N) is 1. The first kappa shape index (κ1) is 13.6. The van der Waals surface area contributed by atoms with Crippen LogP contribution in [0.25, 0.3) is 0 Å². The van der Waals surface area contributed by atoms with Gasteiger partial charge in [-0.2, -0.15) is 5.10 Å². The molecule has 1 aromatic rings. The Morgan fingerprint density at radius 3 is 3.00 bits per heavy atom. The number of nitrogens with zero attached hydrogens (tertiary/aromatic N) is 2. The summed E-state index contributed by atoms with van der Waals surface area (Å²) in [5, 5.41) is 14.8. The highest BCUT2D eigenvalue weighted by molar-refractivity contribution is 5.07. The lowest BCUT2D eigenvalue weighted by molar-refractivity contribution is 0.0580. The number of hydrogen-bond acceptors (Lipinski definition) is 3. The molecular formula is C14H25N3O. The van der Waals surface area contributed by atoms with Gasteiger partial charge in [0.05, 0.1) is 11.8 Å². The van der Waals surface area contributed by atoms with Gasteiger partial charge in [0.25, 0.3) is 0 Å². The second-order valence-corrected chi connectivity index (χ2v) is 5.70. The summed E-state index contributed by atoms with van der Waals surface area (Å²) < 4.78 is 2.01. The molecule has 4 nitrogen and oxygen atoms in total. The standard InChI is InChI=1S/C14H25N3O/c1-3-11(2)17-8-6-12(16-17)9-14(10-15)7-4-5-13(14)18/h6,8,11,13,18H,3-5,7,9-10,15H2,1-2H3. The minimum atomic E-state index is -0.267. The number of hydrogen-bond donors (Lipinski definition) is 2. The third-order valence-corrected chi connectivity index (χ3v) is 4.50. The van der Waals surface area contributed by atoms with Crippen molar-refractivity contribution in [3.8, 4) is 0 Å². The summed E-state index contributed by atoms with van der Waals surface area (Å²) in [4.78, 5) is 0. The Kier molecular flexibility index (Phi) is 4.07. The van der Waals surface area contributed by atoms with Crippen molar-refractivity contribution in [1.82, 2.24) is 9.78 Å². The lowest BCUT2D eigenvalue weighted by Gasteiger charge is -2.30. The highest BCUT2D eigenvalue weighted by atomic mass is 16.3. The molecule has 102 valence electrons. The van der Waals surface area contributed by atoms with E-state index >= 15 is 0 Å². The Bertz CT molecular complexity index is 390. The van der Waals surface area contributed by atoms with Gasteiger partial charge in [0.2, 0.25) is 0 Å². The second kappa shape index (κ2) is 5.41. The summed E-state index contributed by atoms with van der Waals surface area (Å²) in [6.45, 7) is 4.87. The van der Waals surface area contributed by atoms with Crippen molar-refractivity contribution in [2.75, 3.05) is 6.54 Å². The maximum absolute atomic E-state index is 10.1. The Hall–Kier alpha value is -0.870. The average Bonchev–Trinajstić information content (AvgIpc) is 2.97. The summed E-state index contributed by atoms with van der Waals surface area (Å²) in [5.74, 6) is 0. The lowest BCUT2D eigenvalue weighted by atomic mass is 9.80. The second-order valence-electron chi connectivity index (χ2n) is 5.70. The lowest BCUT2D eigenvalue weighted by Crippen LogP contribution is -2.39. The summed E-state index contributed by atoms with van der Waals surface area (Å²) in [5.41, 5.74) is 6.82. The molecule has 18 heavy (non-hydrogen) atoms. The maximum atomic E-state index is 10.1. The molecule has 0 aliphatic heterocycles. The van der Waals surface area contributed by atoms with E-state index < -0.39 is 0 Å². The Morgan fingerprint density at radius 2 is 2.44 bits per heavy atom. The molecule has 1 aromatic heterocycles. The van der Waals surface area contributed by atoms with Crippen LogP contribution in [0.4, 0.5) is 0 Å². The van der Waals surface area contributed by atoms with Crippen molar-refractivity contribution in [2.24, 2.45) is 11.1 Å². The van der Waals surface area contributed by atoms with Gasteiger partial charge in [-0.15, -0.1) is 0 Å². The molecule has 0 saturated heterocycles. The smallest absolute Gasteiger partial charge is 0.0631 e. The summed E-state index contributed by atoms with van der Waals surface area (Å²) in [6, 6.07) is 2.50. The summed E-state index contributed by atoms with van der Waals surface area (Å²) >= 11 is 0. The number of rotatable bonds is 5. The predicted molar refractivity (Wildman–Crippen MR) is 72.3 cm³/mol. The molecule has 4 heteroatoms. The fraction of sp³-hybridized carbons (Fsp3) is 0.786. The van der Waals surface area contributed by atoms with E-state index in [-0.39, 0.29) is 11.5 Å². The molecule has 0 amide bonds. The zero-order valence-electron chi connectivity index (χ0n) is 11.5. The van der Waals surface area contributed by atoms with Crippen molar-refractivity contribution >= 4 is 0 Å². The normalized spacial score (nSPS) is 29.7. The van der Waals surface area contributed by atoms with E-state index in [1.54, 1.807) is 0 Å². The van der Waals surface area contributed by atoms with Crippen LogP contribution in [0.3, 0.4) is 0 Å². The van der Waals surface area contributed by atoms with Gasteiger partial charge in [-0.1, -0.05) is 13.3 Å². The van der Waals surface area contributed by atoms with Crippen molar-refractivity contribution < 1.29 is 5.11 Å². The van der Waals surface area contributed by atoms with Gasteiger partial charge in [-0.3, -0.25) is 4.68 Å². The number of aromatic nitrogens is 2. The zero-order chi connectivity index (χ0) is 13.2. The van der Waals surface area contributed by atoms with Crippen LogP contribution in [0.1, 0.15) is 51.3 Å². The largest absolute Gasteiger partial charge is 0.392 e. The molecule has 2 rings (SSSR count). The van der Waals surface area contributed by atoms with Gasteiger partial charge in [0, 0.05) is 30.6 Å². The van der Waals surface area contributed by atoms with E-state index in [0.717, 1.165) is 37.8 Å². The van der Waals surface area contributed by atoms with Crippen molar-refractivity contribution in [3.05, 3.63) is 18.0 Å². The van der Waals surface area contributed by atoms with E-state index in [4.69, 9.17) is 5.73 Å². The Morgan fingerprint density at radius 1 is 1.67 bits per heavy atom. The molecule has 0 aromatic carbocycles. The van der Waals surface area contributed by atoms with E-state index in [9.17, 15) is 5.11 Å². The van der Waals surface area contributed by atoms with Gasteiger partial charge in [0.1, 0.15) is 0 Å². The fourth-order valence-corrected chi connectivity index (χ4v) is 2.90. The molecule has 3 atom stereocenters. The minimum Gasteiger partial charge on any atom is -0.392 e. The van der Waals surface area contributed by atoms with Gasteiger partial charge < -0.3 is 10.8 Å². The summed E-state index contributed by atoms with van der Waals surface area (Å²) in [6.07, 6.45) is 6.61. The molecule has 3 N–H and O–H groups in total. The molecular weight excluding hydrogens is 226 g/mol. The van der Waals surface area contributed by atoms with Crippen LogP contribution >= 0.6 is 0 Å². The van der Waals surface area contributed by atoms with E-state index in [2.05, 4.69) is 25.0 Å². The van der Waals surface area contributed by atoms with Crippen molar-refractivity contribution in [3.63, 3.8) is 0 Å². The highest BCUT2D eigenvalue weighted by Crippen LogP contribution is 2.40. The number of aliphatic hydroxyl groups excluding tert-OH is 1. The monoisotopic (exact) mass is 251 g/mol. The highest BCUT2D eigenvalue weighted by Gasteiger charge is 2.41. The molecule has 3 unspecified atom stereocenters. The SMILES string of the molecule is CCC(C)n1ccc(CC2(CN)CCCC2O)n1. The minimum absolute atomic E-state index is 0.144. The van der Waals surface area contributed by atoms with Crippen LogP contribution in [0.5, 0.6) is 0 Å². The molecule has 1 aliphatic carbocycles. The van der Waals surface area contributed by atoms with Crippen LogP contribution in [-0.2, 0) is 6.42 Å². The first-order valence-electron chi connectivity index (χ1n) is 7.03. The topological polar surface area (TPSA) is 64.1 Å². The average molecular weight is 251 g/mol. The molecule has 0 radical (unpaired) electrons. The van der Waals surface area contributed by atoms with Crippen LogP contribution < -0.4 is 5.73 Å². The third-order valence-electron chi connectivity index (χ3n) is 4.50. The van der Waals surface area contributed by atoms with Crippen LogP contribution in [0, 0.1) is 5.41 Å². The molecule has 1 aliphatic rings. The van der Waals surface area contributed by atoms with Crippen LogP contribution in [-0.4, -0.2) is 27.5 Å². The van der Waals surface area contributed by atoms with E-state index in [0.29, 0.717) is 12.6 Å². The van der Waals surface area contributed by atoms with Gasteiger partial charge in [-0.05, 0) is 32.3 Å². The van der Waals surface area contributed by atoms with Gasteiger partial charge >= 0.3 is 0 Å². The number of aliphatic hydroxyl groups is 1. The zero-order valence-corrected chi connectivity index (χ0v) is 11.5. The maximum Gasteiger partial charge on any atom is 0.0631 e. The van der Waals surface area contributed by atoms with Crippen molar-refractivity contribution in [2.45, 2.75) is 58.1 Å². The fourth-order valence-electron chi connectivity index (χ4n) is 2.90. The van der Waals surface area contributed by atoms with Crippen molar-refractivity contribution in [1.29, 1.82) is 0 Å². The predicted octanol–water partition coefficient (Wildman–Crippen LogP) is 1.89. The third kappa shape index (κ3) is 2.45. The molecule has 0 spiro atoms. The van der Waals surface area contributed by atoms with E-state index in [1.807, 2.05) is 10.9 Å². The van der Waals surface area contributed by atoms with Crippen LogP contribution in [0.2, 0.25) is 0 Å².